The molecular formula is C20H32ClN3O3S. The van der Waals surface area contributed by atoms with Crippen LogP contribution in [0.3, 0.4) is 0 Å². The Labute approximate surface area is 174 Å². The van der Waals surface area contributed by atoms with Crippen molar-refractivity contribution in [1.82, 2.24) is 9.62 Å². The number of halogens is 1. The monoisotopic (exact) mass is 429 g/mol. The van der Waals surface area contributed by atoms with Gasteiger partial charge in [-0.3, -0.25) is 4.79 Å². The first-order valence-electron chi connectivity index (χ1n) is 10.0. The molecule has 0 unspecified atom stereocenters. The predicted octanol–water partition coefficient (Wildman–Crippen LogP) is 3.39. The Bertz CT molecular complexity index is 766. The highest BCUT2D eigenvalue weighted by Crippen LogP contribution is 2.27. The van der Waals surface area contributed by atoms with Gasteiger partial charge in [0.15, 0.2) is 0 Å². The molecule has 1 aliphatic heterocycles. The lowest BCUT2D eigenvalue weighted by molar-refractivity contribution is -0.120. The highest BCUT2D eigenvalue weighted by molar-refractivity contribution is 7.89. The molecule has 6 nitrogen and oxygen atoms in total. The number of carbonyl (C=O) groups excluding carboxylic acids is 1. The summed E-state index contributed by atoms with van der Waals surface area (Å²) in [5, 5.41) is 6.25. The van der Waals surface area contributed by atoms with Crippen LogP contribution in [0.15, 0.2) is 29.2 Å². The van der Waals surface area contributed by atoms with Gasteiger partial charge in [0.25, 0.3) is 0 Å². The highest BCUT2D eigenvalue weighted by Gasteiger charge is 2.29. The fourth-order valence-electron chi connectivity index (χ4n) is 4.16. The molecule has 2 N–H and O–H groups in total. The summed E-state index contributed by atoms with van der Waals surface area (Å²) in [5.74, 6) is -0.0649. The Morgan fingerprint density at radius 2 is 1.89 bits per heavy atom. The molecular weight excluding hydrogens is 398 g/mol. The first-order valence-corrected chi connectivity index (χ1v) is 11.4. The second kappa shape index (κ2) is 10.1. The number of sulfonamides is 1. The third-order valence-electron chi connectivity index (χ3n) is 5.86. The van der Waals surface area contributed by atoms with Crippen molar-refractivity contribution in [2.24, 2.45) is 5.92 Å². The van der Waals surface area contributed by atoms with Crippen molar-refractivity contribution in [2.75, 3.05) is 18.9 Å². The molecule has 8 heteroatoms. The molecule has 2 atom stereocenters. The van der Waals surface area contributed by atoms with E-state index in [0.717, 1.165) is 45.1 Å². The molecule has 1 aromatic carbocycles. The van der Waals surface area contributed by atoms with Crippen LogP contribution < -0.4 is 10.6 Å². The van der Waals surface area contributed by atoms with E-state index in [4.69, 9.17) is 0 Å². The average Bonchev–Trinajstić information content (AvgIpc) is 2.68. The maximum Gasteiger partial charge on any atom is 0.243 e. The minimum Gasteiger partial charge on any atom is -0.326 e. The van der Waals surface area contributed by atoms with E-state index in [-0.39, 0.29) is 35.2 Å². The average molecular weight is 430 g/mol. The summed E-state index contributed by atoms with van der Waals surface area (Å²) in [6.07, 6.45) is 6.78. The summed E-state index contributed by atoms with van der Waals surface area (Å²) in [7, 11) is -1.88. The SMILES string of the molecule is C[C@H]1C[C@@H](C(=O)Nc2cccc(S(=O)(=O)N(C)C3CCCCC3)c2)CCN1.Cl. The van der Waals surface area contributed by atoms with Gasteiger partial charge in [-0.2, -0.15) is 4.31 Å². The summed E-state index contributed by atoms with van der Waals surface area (Å²) in [5.41, 5.74) is 0.546. The van der Waals surface area contributed by atoms with Crippen LogP contribution >= 0.6 is 12.4 Å². The number of nitrogens with zero attached hydrogens (tertiary/aromatic N) is 1. The van der Waals surface area contributed by atoms with Gasteiger partial charge >= 0.3 is 0 Å². The lowest BCUT2D eigenvalue weighted by Gasteiger charge is -2.30. The van der Waals surface area contributed by atoms with Crippen molar-refractivity contribution in [3.05, 3.63) is 24.3 Å². The van der Waals surface area contributed by atoms with Crippen molar-refractivity contribution in [2.45, 2.75) is 68.8 Å². The molecule has 1 amide bonds. The zero-order valence-corrected chi connectivity index (χ0v) is 18.3. The van der Waals surface area contributed by atoms with Gasteiger partial charge in [-0.05, 0) is 57.4 Å². The molecule has 0 radical (unpaired) electrons. The smallest absolute Gasteiger partial charge is 0.243 e. The molecule has 1 heterocycles. The number of rotatable bonds is 5. The Morgan fingerprint density at radius 3 is 2.57 bits per heavy atom. The number of carbonyl (C=O) groups is 1. The van der Waals surface area contributed by atoms with Gasteiger partial charge in [0.05, 0.1) is 4.90 Å². The Morgan fingerprint density at radius 1 is 1.18 bits per heavy atom. The Kier molecular flexibility index (Phi) is 8.30. The van der Waals surface area contributed by atoms with E-state index in [1.807, 2.05) is 0 Å². The van der Waals surface area contributed by atoms with E-state index >= 15 is 0 Å². The predicted molar refractivity (Wildman–Crippen MR) is 114 cm³/mol. The van der Waals surface area contributed by atoms with Crippen molar-refractivity contribution in [3.63, 3.8) is 0 Å². The van der Waals surface area contributed by atoms with Gasteiger partial charge in [0, 0.05) is 30.7 Å². The number of nitrogens with one attached hydrogen (secondary N) is 2. The van der Waals surface area contributed by atoms with E-state index in [1.54, 1.807) is 31.3 Å². The molecule has 1 saturated carbocycles. The number of hydrogen-bond donors (Lipinski definition) is 2. The van der Waals surface area contributed by atoms with Gasteiger partial charge in [-0.1, -0.05) is 25.3 Å². The second-order valence-electron chi connectivity index (χ2n) is 7.91. The molecule has 0 spiro atoms. The number of hydrogen-bond acceptors (Lipinski definition) is 4. The van der Waals surface area contributed by atoms with Crippen LogP contribution in [0.4, 0.5) is 5.69 Å². The van der Waals surface area contributed by atoms with Crippen molar-refractivity contribution in [3.8, 4) is 0 Å². The standard InChI is InChI=1S/C20H31N3O3S.ClH/c1-15-13-16(11-12-21-15)20(24)22-17-7-6-10-19(14-17)27(25,26)23(2)18-8-4-3-5-9-18;/h6-7,10,14-16,18,21H,3-5,8-9,11-13H2,1-2H3,(H,22,24);1H/t15-,16-;/m0./s1. The van der Waals surface area contributed by atoms with Gasteiger partial charge in [-0.15, -0.1) is 12.4 Å². The van der Waals surface area contributed by atoms with Gasteiger partial charge < -0.3 is 10.6 Å². The Hall–Kier alpha value is -1.15. The van der Waals surface area contributed by atoms with Crippen molar-refractivity contribution >= 4 is 34.0 Å². The summed E-state index contributed by atoms with van der Waals surface area (Å²) in [6, 6.07) is 7.03. The molecule has 2 fully saturated rings. The van der Waals surface area contributed by atoms with Crippen LogP contribution in [0.1, 0.15) is 51.9 Å². The fraction of sp³-hybridized carbons (Fsp3) is 0.650. The zero-order valence-electron chi connectivity index (χ0n) is 16.7. The second-order valence-corrected chi connectivity index (χ2v) is 9.90. The maximum atomic E-state index is 13.0. The minimum absolute atomic E-state index is 0. The molecule has 0 bridgehead atoms. The molecule has 1 aromatic rings. The van der Waals surface area contributed by atoms with Crippen LogP contribution in [0.25, 0.3) is 0 Å². The molecule has 28 heavy (non-hydrogen) atoms. The molecule has 2 aliphatic rings. The van der Waals surface area contributed by atoms with Crippen LogP contribution in [-0.2, 0) is 14.8 Å². The fourth-order valence-corrected chi connectivity index (χ4v) is 5.62. The maximum absolute atomic E-state index is 13.0. The quantitative estimate of drug-likeness (QED) is 0.751. The lowest BCUT2D eigenvalue weighted by atomic mass is 9.92. The van der Waals surface area contributed by atoms with E-state index in [9.17, 15) is 13.2 Å². The zero-order chi connectivity index (χ0) is 19.4. The van der Waals surface area contributed by atoms with Crippen LogP contribution in [0.5, 0.6) is 0 Å². The first-order chi connectivity index (χ1) is 12.9. The lowest BCUT2D eigenvalue weighted by Crippen LogP contribution is -2.40. The normalized spacial score (nSPS) is 23.8. The largest absolute Gasteiger partial charge is 0.326 e. The number of piperidine rings is 1. The summed E-state index contributed by atoms with van der Waals surface area (Å²) in [6.45, 7) is 2.91. The van der Waals surface area contributed by atoms with E-state index in [2.05, 4.69) is 17.6 Å². The van der Waals surface area contributed by atoms with Gasteiger partial charge in [0.2, 0.25) is 15.9 Å². The van der Waals surface area contributed by atoms with E-state index in [1.165, 1.54) is 10.7 Å². The molecule has 3 rings (SSSR count). The van der Waals surface area contributed by atoms with Crippen molar-refractivity contribution in [1.29, 1.82) is 0 Å². The molecule has 1 aliphatic carbocycles. The highest BCUT2D eigenvalue weighted by atomic mass is 35.5. The molecule has 1 saturated heterocycles. The van der Waals surface area contributed by atoms with E-state index < -0.39 is 10.0 Å². The van der Waals surface area contributed by atoms with Gasteiger partial charge in [-0.25, -0.2) is 8.42 Å². The summed E-state index contributed by atoms with van der Waals surface area (Å²) >= 11 is 0. The third-order valence-corrected chi connectivity index (χ3v) is 7.77. The van der Waals surface area contributed by atoms with Crippen molar-refractivity contribution < 1.29 is 13.2 Å². The number of anilines is 1. The van der Waals surface area contributed by atoms with Crippen LogP contribution in [0.2, 0.25) is 0 Å². The first kappa shape index (κ1) is 23.1. The topological polar surface area (TPSA) is 78.5 Å². The number of benzene rings is 1. The van der Waals surface area contributed by atoms with E-state index in [0.29, 0.717) is 11.7 Å². The van der Waals surface area contributed by atoms with Crippen LogP contribution in [-0.4, -0.2) is 44.3 Å². The molecule has 158 valence electrons. The summed E-state index contributed by atoms with van der Waals surface area (Å²) in [4.78, 5) is 12.8. The minimum atomic E-state index is -3.56. The number of amides is 1. The van der Waals surface area contributed by atoms with Gasteiger partial charge in [0.1, 0.15) is 0 Å². The van der Waals surface area contributed by atoms with Crippen LogP contribution in [0, 0.1) is 5.92 Å². The molecule has 0 aromatic heterocycles. The Balaban J connectivity index is 0.00000280. The summed E-state index contributed by atoms with van der Waals surface area (Å²) < 4.78 is 27.6. The third kappa shape index (κ3) is 5.47.